The number of thiazole rings is 1. The summed E-state index contributed by atoms with van der Waals surface area (Å²) in [5, 5.41) is 14.3. The predicted molar refractivity (Wildman–Crippen MR) is 167 cm³/mol. The molecule has 44 heavy (non-hydrogen) atoms. The number of fused-ring (bicyclic) bond motifs is 2. The lowest BCUT2D eigenvalue weighted by atomic mass is 9.86. The molecule has 0 fully saturated rings. The summed E-state index contributed by atoms with van der Waals surface area (Å²) in [5.41, 5.74) is 3.86. The van der Waals surface area contributed by atoms with Crippen molar-refractivity contribution in [1.29, 1.82) is 0 Å². The highest BCUT2D eigenvalue weighted by Crippen LogP contribution is 2.35. The standard InChI is InChI=1S/C33H30N6O4S/c40-31(19-39-27-14-8-7-13-25(27)36-37-39)38(18-30-35-26(20-44-30)22-9-3-1-4-10-22)32(23-11-5-2-6-12-23)33(41)34-24-15-16-28-29(17-24)43-21-42-28/h1-5,7-10,13-17,20,23,32H,6,11-12,18-19,21H2,(H,34,41). The monoisotopic (exact) mass is 606 g/mol. The fourth-order valence-corrected chi connectivity index (χ4v) is 6.57. The Morgan fingerprint density at radius 1 is 1.02 bits per heavy atom. The van der Waals surface area contributed by atoms with E-state index in [2.05, 4.69) is 27.8 Å². The van der Waals surface area contributed by atoms with Gasteiger partial charge in [0.15, 0.2) is 11.5 Å². The van der Waals surface area contributed by atoms with Gasteiger partial charge in [-0.25, -0.2) is 9.67 Å². The number of anilines is 1. The summed E-state index contributed by atoms with van der Waals surface area (Å²) in [6.45, 7) is 0.262. The third-order valence-electron chi connectivity index (χ3n) is 7.95. The first-order valence-corrected chi connectivity index (χ1v) is 15.4. The Morgan fingerprint density at radius 2 is 1.86 bits per heavy atom. The zero-order chi connectivity index (χ0) is 29.9. The number of hydrogen-bond donors (Lipinski definition) is 1. The molecule has 0 bridgehead atoms. The molecule has 1 N–H and O–H groups in total. The first-order valence-electron chi connectivity index (χ1n) is 14.6. The lowest BCUT2D eigenvalue weighted by molar-refractivity contribution is -0.142. The average Bonchev–Trinajstić information content (AvgIpc) is 3.82. The topological polar surface area (TPSA) is 111 Å². The minimum absolute atomic E-state index is 0.0617. The molecule has 3 aromatic carbocycles. The smallest absolute Gasteiger partial charge is 0.247 e. The second-order valence-corrected chi connectivity index (χ2v) is 11.7. The highest BCUT2D eigenvalue weighted by Gasteiger charge is 2.37. The van der Waals surface area contributed by atoms with E-state index in [9.17, 15) is 9.59 Å². The molecule has 7 rings (SSSR count). The first-order chi connectivity index (χ1) is 21.6. The van der Waals surface area contributed by atoms with Crippen LogP contribution in [0.15, 0.2) is 90.3 Å². The number of rotatable bonds is 9. The van der Waals surface area contributed by atoms with Gasteiger partial charge >= 0.3 is 0 Å². The molecule has 0 radical (unpaired) electrons. The van der Waals surface area contributed by atoms with E-state index in [4.69, 9.17) is 14.5 Å². The Labute approximate surface area is 257 Å². The number of benzene rings is 3. The van der Waals surface area contributed by atoms with E-state index in [0.717, 1.165) is 34.6 Å². The molecule has 222 valence electrons. The number of aromatic nitrogens is 4. The van der Waals surface area contributed by atoms with Crippen molar-refractivity contribution in [3.05, 3.63) is 95.3 Å². The molecular formula is C33H30N6O4S. The number of carbonyl (C=O) groups is 2. The summed E-state index contributed by atoms with van der Waals surface area (Å²) in [6, 6.07) is 22.0. The van der Waals surface area contributed by atoms with Crippen molar-refractivity contribution in [2.24, 2.45) is 5.92 Å². The normalized spacial score (nSPS) is 16.1. The molecule has 3 heterocycles. The number of hydrogen-bond acceptors (Lipinski definition) is 8. The number of nitrogens with one attached hydrogen (secondary N) is 1. The summed E-state index contributed by atoms with van der Waals surface area (Å²) >= 11 is 1.48. The molecule has 2 atom stereocenters. The summed E-state index contributed by atoms with van der Waals surface area (Å²) in [4.78, 5) is 35.1. The molecule has 0 saturated heterocycles. The number of allylic oxidation sites excluding steroid dienone is 2. The van der Waals surface area contributed by atoms with Crippen molar-refractivity contribution < 1.29 is 19.1 Å². The highest BCUT2D eigenvalue weighted by atomic mass is 32.1. The second kappa shape index (κ2) is 12.3. The predicted octanol–water partition coefficient (Wildman–Crippen LogP) is 5.68. The van der Waals surface area contributed by atoms with E-state index in [1.54, 1.807) is 27.8 Å². The molecule has 11 heteroatoms. The molecule has 2 aromatic heterocycles. The van der Waals surface area contributed by atoms with Crippen LogP contribution in [0, 0.1) is 5.92 Å². The van der Waals surface area contributed by atoms with Crippen molar-refractivity contribution >= 4 is 39.9 Å². The lowest BCUT2D eigenvalue weighted by Gasteiger charge is -2.36. The molecule has 2 unspecified atom stereocenters. The van der Waals surface area contributed by atoms with Gasteiger partial charge in [0.05, 0.1) is 17.8 Å². The number of amides is 2. The average molecular weight is 607 g/mol. The molecule has 1 aliphatic heterocycles. The highest BCUT2D eigenvalue weighted by molar-refractivity contribution is 7.09. The maximum absolute atomic E-state index is 14.3. The van der Waals surface area contributed by atoms with Crippen molar-refractivity contribution in [1.82, 2.24) is 24.9 Å². The summed E-state index contributed by atoms with van der Waals surface area (Å²) in [7, 11) is 0. The van der Waals surface area contributed by atoms with E-state index in [1.807, 2.05) is 60.0 Å². The van der Waals surface area contributed by atoms with Gasteiger partial charge in [-0.05, 0) is 49.4 Å². The molecule has 10 nitrogen and oxygen atoms in total. The van der Waals surface area contributed by atoms with Crippen LogP contribution in [0.2, 0.25) is 0 Å². The fourth-order valence-electron chi connectivity index (χ4n) is 5.77. The Morgan fingerprint density at radius 3 is 2.73 bits per heavy atom. The number of ether oxygens (including phenoxy) is 2. The Hall–Kier alpha value is -5.03. The Balaban J connectivity index is 1.23. The van der Waals surface area contributed by atoms with Gasteiger partial charge in [0, 0.05) is 22.7 Å². The Kier molecular flexibility index (Phi) is 7.76. The summed E-state index contributed by atoms with van der Waals surface area (Å²) < 4.78 is 12.6. The van der Waals surface area contributed by atoms with Crippen LogP contribution in [-0.2, 0) is 22.7 Å². The van der Waals surface area contributed by atoms with Crippen molar-refractivity contribution in [2.45, 2.75) is 38.4 Å². The lowest BCUT2D eigenvalue weighted by Crippen LogP contribution is -2.52. The summed E-state index contributed by atoms with van der Waals surface area (Å²) in [5.74, 6) is 0.617. The zero-order valence-electron chi connectivity index (χ0n) is 23.8. The molecular weight excluding hydrogens is 576 g/mol. The number of carbonyl (C=O) groups excluding carboxylic acids is 2. The van der Waals surface area contributed by atoms with E-state index in [-0.39, 0.29) is 37.6 Å². The third kappa shape index (κ3) is 5.78. The molecule has 5 aromatic rings. The minimum atomic E-state index is -0.753. The molecule has 2 amide bonds. The van der Waals surface area contributed by atoms with Crippen LogP contribution in [0.3, 0.4) is 0 Å². The fraction of sp³-hybridized carbons (Fsp3) is 0.242. The SMILES string of the molecule is O=C(Nc1ccc2c(c1)OCO2)C(C1CC=CCC1)N(Cc1nc(-c2ccccc2)cs1)C(=O)Cn1nnc2ccccc21. The van der Waals surface area contributed by atoms with Gasteiger partial charge in [0.25, 0.3) is 0 Å². The number of para-hydroxylation sites is 1. The van der Waals surface area contributed by atoms with Gasteiger partial charge < -0.3 is 19.7 Å². The first kappa shape index (κ1) is 27.8. The molecule has 1 aliphatic carbocycles. The second-order valence-electron chi connectivity index (χ2n) is 10.8. The maximum Gasteiger partial charge on any atom is 0.247 e. The van der Waals surface area contributed by atoms with Crippen LogP contribution in [0.5, 0.6) is 11.5 Å². The van der Waals surface area contributed by atoms with Crippen molar-refractivity contribution in [3.63, 3.8) is 0 Å². The van der Waals surface area contributed by atoms with E-state index < -0.39 is 6.04 Å². The zero-order valence-corrected chi connectivity index (χ0v) is 24.7. The van der Waals surface area contributed by atoms with Crippen LogP contribution in [0.4, 0.5) is 5.69 Å². The largest absolute Gasteiger partial charge is 0.454 e. The number of nitrogens with zero attached hydrogens (tertiary/aromatic N) is 5. The van der Waals surface area contributed by atoms with Gasteiger partial charge in [0.2, 0.25) is 18.6 Å². The van der Waals surface area contributed by atoms with Gasteiger partial charge in [0.1, 0.15) is 23.1 Å². The molecule has 0 spiro atoms. The van der Waals surface area contributed by atoms with E-state index in [0.29, 0.717) is 29.1 Å². The quantitative estimate of drug-likeness (QED) is 0.215. The van der Waals surface area contributed by atoms with Crippen LogP contribution < -0.4 is 14.8 Å². The van der Waals surface area contributed by atoms with Crippen LogP contribution >= 0.6 is 11.3 Å². The molecule has 2 aliphatic rings. The summed E-state index contributed by atoms with van der Waals surface area (Å²) in [6.07, 6.45) is 6.52. The van der Waals surface area contributed by atoms with Crippen LogP contribution in [0.1, 0.15) is 24.3 Å². The Bertz CT molecular complexity index is 1830. The van der Waals surface area contributed by atoms with Crippen molar-refractivity contribution in [2.75, 3.05) is 12.1 Å². The minimum Gasteiger partial charge on any atom is -0.454 e. The maximum atomic E-state index is 14.3. The van der Waals surface area contributed by atoms with Gasteiger partial charge in [-0.1, -0.05) is 59.8 Å². The van der Waals surface area contributed by atoms with E-state index in [1.165, 1.54) is 11.3 Å². The van der Waals surface area contributed by atoms with Crippen LogP contribution in [0.25, 0.3) is 22.3 Å². The van der Waals surface area contributed by atoms with Crippen molar-refractivity contribution in [3.8, 4) is 22.8 Å². The van der Waals surface area contributed by atoms with E-state index >= 15 is 0 Å². The van der Waals surface area contributed by atoms with Gasteiger partial charge in [-0.3, -0.25) is 9.59 Å². The molecule has 0 saturated carbocycles. The van der Waals surface area contributed by atoms with Crippen LogP contribution in [-0.4, -0.2) is 49.5 Å². The van der Waals surface area contributed by atoms with Gasteiger partial charge in [-0.2, -0.15) is 0 Å². The third-order valence-corrected chi connectivity index (χ3v) is 8.79. The van der Waals surface area contributed by atoms with Gasteiger partial charge in [-0.15, -0.1) is 16.4 Å².